The lowest BCUT2D eigenvalue weighted by Crippen LogP contribution is -2.31. The van der Waals surface area contributed by atoms with Crippen molar-refractivity contribution in [1.82, 2.24) is 14.9 Å². The monoisotopic (exact) mass is 449 g/mol. The number of ether oxygens (including phenoxy) is 1. The minimum Gasteiger partial charge on any atom is -0.489 e. The Morgan fingerprint density at radius 1 is 1.12 bits per heavy atom. The summed E-state index contributed by atoms with van der Waals surface area (Å²) in [4.78, 5) is 17.5. The van der Waals surface area contributed by atoms with Crippen LogP contribution in [0.3, 0.4) is 0 Å². The number of aromatic nitrogens is 2. The number of halogens is 2. The summed E-state index contributed by atoms with van der Waals surface area (Å²) in [6, 6.07) is 19.9. The molecule has 1 aromatic heterocycles. The summed E-state index contributed by atoms with van der Waals surface area (Å²) < 4.78 is 20.7. The first-order valence-electron chi connectivity index (χ1n) is 10.0. The molecule has 1 atom stereocenters. The van der Waals surface area contributed by atoms with Gasteiger partial charge in [-0.15, -0.1) is 0 Å². The molecule has 0 fully saturated rings. The lowest BCUT2D eigenvalue weighted by molar-refractivity contribution is 0.0940. The second-order valence-corrected chi connectivity index (χ2v) is 7.73. The van der Waals surface area contributed by atoms with E-state index in [0.717, 1.165) is 11.1 Å². The Bertz CT molecular complexity index is 1210. The van der Waals surface area contributed by atoms with Gasteiger partial charge in [-0.3, -0.25) is 4.79 Å². The van der Waals surface area contributed by atoms with Crippen LogP contribution in [0.2, 0.25) is 5.02 Å². The first kappa shape index (κ1) is 21.6. The third-order valence-corrected chi connectivity index (χ3v) is 5.26. The number of nitrogens with zero attached hydrogens (tertiary/aromatic N) is 2. The number of imidazole rings is 1. The van der Waals surface area contributed by atoms with Crippen LogP contribution in [0, 0.1) is 5.82 Å². The summed E-state index contributed by atoms with van der Waals surface area (Å²) in [6.45, 7) is 0.270. The van der Waals surface area contributed by atoms with Crippen molar-refractivity contribution in [3.63, 3.8) is 0 Å². The molecule has 7 heteroatoms. The van der Waals surface area contributed by atoms with E-state index in [4.69, 9.17) is 16.3 Å². The molecule has 162 valence electrons. The van der Waals surface area contributed by atoms with E-state index in [-0.39, 0.29) is 18.3 Å². The van der Waals surface area contributed by atoms with E-state index in [0.29, 0.717) is 22.2 Å². The highest BCUT2D eigenvalue weighted by Crippen LogP contribution is 2.23. The van der Waals surface area contributed by atoms with Gasteiger partial charge in [0.25, 0.3) is 5.91 Å². The van der Waals surface area contributed by atoms with Gasteiger partial charge in [0.2, 0.25) is 0 Å². The van der Waals surface area contributed by atoms with Crippen LogP contribution in [0.25, 0.3) is 0 Å². The molecule has 4 aromatic rings. The predicted octanol–water partition coefficient (Wildman–Crippen LogP) is 5.31. The molecule has 1 N–H and O–H groups in total. The molecule has 0 unspecified atom stereocenters. The maximum Gasteiger partial charge on any atom is 0.252 e. The molecule has 32 heavy (non-hydrogen) atoms. The van der Waals surface area contributed by atoms with E-state index in [1.54, 1.807) is 54.7 Å². The van der Waals surface area contributed by atoms with Crippen molar-refractivity contribution >= 4 is 17.5 Å². The van der Waals surface area contributed by atoms with Crippen molar-refractivity contribution in [2.24, 2.45) is 7.05 Å². The fourth-order valence-corrected chi connectivity index (χ4v) is 3.42. The molecule has 1 heterocycles. The maximum absolute atomic E-state index is 13.1. The van der Waals surface area contributed by atoms with Gasteiger partial charge in [-0.05, 0) is 53.6 Å². The van der Waals surface area contributed by atoms with Crippen molar-refractivity contribution in [2.45, 2.75) is 12.6 Å². The number of carbonyl (C=O) groups is 1. The molecule has 0 saturated carbocycles. The van der Waals surface area contributed by atoms with Crippen LogP contribution in [0.1, 0.15) is 33.4 Å². The molecule has 0 aliphatic heterocycles. The van der Waals surface area contributed by atoms with Crippen molar-refractivity contribution < 1.29 is 13.9 Å². The van der Waals surface area contributed by atoms with Gasteiger partial charge in [-0.1, -0.05) is 41.9 Å². The predicted molar refractivity (Wildman–Crippen MR) is 121 cm³/mol. The maximum atomic E-state index is 13.1. The quantitative estimate of drug-likeness (QED) is 0.416. The molecule has 5 nitrogen and oxygen atoms in total. The van der Waals surface area contributed by atoms with Crippen LogP contribution >= 0.6 is 11.6 Å². The van der Waals surface area contributed by atoms with Gasteiger partial charge in [0.05, 0.1) is 0 Å². The number of nitrogens with one attached hydrogen (secondary N) is 1. The van der Waals surface area contributed by atoms with Gasteiger partial charge in [-0.25, -0.2) is 9.37 Å². The standard InChI is InChI=1S/C25H21ClFN3O2/c1-30-14-13-28-24(30)23(18-7-9-20(26)10-8-18)29-25(31)19-3-2-4-22(15-19)32-16-17-5-11-21(27)12-6-17/h2-15,23H,16H2,1H3,(H,29,31)/t23-/m1/s1. The average Bonchev–Trinajstić information content (AvgIpc) is 3.23. The minimum absolute atomic E-state index is 0.264. The zero-order valence-electron chi connectivity index (χ0n) is 17.3. The summed E-state index contributed by atoms with van der Waals surface area (Å²) in [7, 11) is 1.88. The molecular formula is C25H21ClFN3O2. The number of hydrogen-bond donors (Lipinski definition) is 1. The largest absolute Gasteiger partial charge is 0.489 e. The highest BCUT2D eigenvalue weighted by molar-refractivity contribution is 6.30. The normalized spacial score (nSPS) is 11.7. The Morgan fingerprint density at radius 3 is 2.56 bits per heavy atom. The fourth-order valence-electron chi connectivity index (χ4n) is 3.30. The van der Waals surface area contributed by atoms with Crippen LogP contribution in [-0.4, -0.2) is 15.5 Å². The first-order chi connectivity index (χ1) is 15.5. The van der Waals surface area contributed by atoms with Gasteiger partial charge >= 0.3 is 0 Å². The van der Waals surface area contributed by atoms with Crippen LogP contribution in [0.4, 0.5) is 4.39 Å². The van der Waals surface area contributed by atoms with E-state index in [1.165, 1.54) is 12.1 Å². The third kappa shape index (κ3) is 5.15. The Balaban J connectivity index is 1.52. The van der Waals surface area contributed by atoms with Gasteiger partial charge in [-0.2, -0.15) is 0 Å². The summed E-state index contributed by atoms with van der Waals surface area (Å²) in [6.07, 6.45) is 3.52. The third-order valence-electron chi connectivity index (χ3n) is 5.01. The molecule has 0 radical (unpaired) electrons. The minimum atomic E-state index is -0.455. The van der Waals surface area contributed by atoms with E-state index in [9.17, 15) is 9.18 Å². The molecule has 0 aliphatic carbocycles. The zero-order valence-corrected chi connectivity index (χ0v) is 18.1. The molecule has 0 aliphatic rings. The molecule has 4 rings (SSSR count). The van der Waals surface area contributed by atoms with E-state index < -0.39 is 6.04 Å². The van der Waals surface area contributed by atoms with E-state index in [1.807, 2.05) is 29.9 Å². The highest BCUT2D eigenvalue weighted by atomic mass is 35.5. The number of benzene rings is 3. The van der Waals surface area contributed by atoms with Crippen LogP contribution in [-0.2, 0) is 13.7 Å². The summed E-state index contributed by atoms with van der Waals surface area (Å²) in [5, 5.41) is 3.67. The fraction of sp³-hybridized carbons (Fsp3) is 0.120. The highest BCUT2D eigenvalue weighted by Gasteiger charge is 2.21. The Kier molecular flexibility index (Phi) is 6.52. The molecule has 3 aromatic carbocycles. The lowest BCUT2D eigenvalue weighted by Gasteiger charge is -2.19. The molecule has 0 saturated heterocycles. The molecule has 0 bridgehead atoms. The van der Waals surface area contributed by atoms with Gasteiger partial charge in [0.1, 0.15) is 30.0 Å². The average molecular weight is 450 g/mol. The Hall–Kier alpha value is -3.64. The molecule has 1 amide bonds. The van der Waals surface area contributed by atoms with E-state index >= 15 is 0 Å². The van der Waals surface area contributed by atoms with Crippen molar-refractivity contribution in [3.8, 4) is 5.75 Å². The number of aryl methyl sites for hydroxylation is 1. The lowest BCUT2D eigenvalue weighted by atomic mass is 10.1. The Morgan fingerprint density at radius 2 is 1.88 bits per heavy atom. The smallest absolute Gasteiger partial charge is 0.252 e. The molecule has 0 spiro atoms. The number of rotatable bonds is 7. The van der Waals surface area contributed by atoms with Crippen LogP contribution in [0.15, 0.2) is 85.2 Å². The van der Waals surface area contributed by atoms with Gasteiger partial charge in [0.15, 0.2) is 0 Å². The second-order valence-electron chi connectivity index (χ2n) is 7.30. The van der Waals surface area contributed by atoms with Gasteiger partial charge in [0, 0.05) is 30.0 Å². The summed E-state index contributed by atoms with van der Waals surface area (Å²) >= 11 is 6.03. The Labute approximate surface area is 190 Å². The van der Waals surface area contributed by atoms with Gasteiger partial charge < -0.3 is 14.6 Å². The first-order valence-corrected chi connectivity index (χ1v) is 10.4. The topological polar surface area (TPSA) is 56.2 Å². The number of carbonyl (C=O) groups excluding carboxylic acids is 1. The van der Waals surface area contributed by atoms with Crippen molar-refractivity contribution in [3.05, 3.63) is 119 Å². The van der Waals surface area contributed by atoms with Crippen LogP contribution in [0.5, 0.6) is 5.75 Å². The van der Waals surface area contributed by atoms with E-state index in [2.05, 4.69) is 10.3 Å². The summed E-state index contributed by atoms with van der Waals surface area (Å²) in [5.74, 6) is 0.682. The zero-order chi connectivity index (χ0) is 22.5. The molecular weight excluding hydrogens is 429 g/mol. The van der Waals surface area contributed by atoms with Crippen LogP contribution < -0.4 is 10.1 Å². The number of amides is 1. The van der Waals surface area contributed by atoms with Crippen molar-refractivity contribution in [2.75, 3.05) is 0 Å². The SMILES string of the molecule is Cn1ccnc1[C@H](NC(=O)c1cccc(OCc2ccc(F)cc2)c1)c1ccc(Cl)cc1. The second kappa shape index (κ2) is 9.66. The van der Waals surface area contributed by atoms with Crippen molar-refractivity contribution in [1.29, 1.82) is 0 Å². The number of hydrogen-bond acceptors (Lipinski definition) is 3. The summed E-state index contributed by atoms with van der Waals surface area (Å²) in [5.41, 5.74) is 2.15.